The van der Waals surface area contributed by atoms with E-state index in [1.54, 1.807) is 0 Å². The number of hydrogen-bond acceptors (Lipinski definition) is 1. The molecule has 3 heteroatoms. The number of rotatable bonds is 4. The van der Waals surface area contributed by atoms with E-state index < -0.39 is 0 Å². The van der Waals surface area contributed by atoms with Crippen molar-refractivity contribution in [1.29, 1.82) is 0 Å². The van der Waals surface area contributed by atoms with Crippen LogP contribution in [-0.2, 0) is 13.0 Å². The summed E-state index contributed by atoms with van der Waals surface area (Å²) in [5.41, 5.74) is 3.74. The van der Waals surface area contributed by atoms with Crippen LogP contribution in [0.2, 0.25) is 5.02 Å². The lowest BCUT2D eigenvalue weighted by Crippen LogP contribution is -2.01. The van der Waals surface area contributed by atoms with Crippen LogP contribution in [-0.4, -0.2) is 0 Å². The minimum Gasteiger partial charge on any atom is -0.381 e. The van der Waals surface area contributed by atoms with Gasteiger partial charge in [-0.2, -0.15) is 0 Å². The van der Waals surface area contributed by atoms with Crippen LogP contribution >= 0.6 is 27.5 Å². The molecule has 0 spiro atoms. The molecule has 0 saturated carbocycles. The van der Waals surface area contributed by atoms with Crippen molar-refractivity contribution >= 4 is 33.2 Å². The lowest BCUT2D eigenvalue weighted by atomic mass is 10.1. The van der Waals surface area contributed by atoms with Crippen molar-refractivity contribution in [2.45, 2.75) is 19.9 Å². The molecule has 0 radical (unpaired) electrons. The van der Waals surface area contributed by atoms with Gasteiger partial charge in [0.05, 0.1) is 5.02 Å². The Bertz CT molecular complexity index is 540. The number of halogens is 2. The van der Waals surface area contributed by atoms with Gasteiger partial charge in [-0.25, -0.2) is 0 Å². The Morgan fingerprint density at radius 3 is 2.67 bits per heavy atom. The molecule has 0 heterocycles. The Morgan fingerprint density at radius 1 is 1.17 bits per heavy atom. The highest BCUT2D eigenvalue weighted by molar-refractivity contribution is 9.10. The summed E-state index contributed by atoms with van der Waals surface area (Å²) < 4.78 is 0.937. The molecule has 2 aromatic rings. The molecule has 0 aliphatic carbocycles. The molecule has 1 nitrogen and oxygen atoms in total. The summed E-state index contributed by atoms with van der Waals surface area (Å²) in [6.45, 7) is 2.96. The number of benzene rings is 2. The van der Waals surface area contributed by atoms with Crippen molar-refractivity contribution in [1.82, 2.24) is 0 Å². The van der Waals surface area contributed by atoms with Crippen LogP contribution < -0.4 is 5.32 Å². The van der Waals surface area contributed by atoms with E-state index in [0.717, 1.165) is 22.5 Å². The topological polar surface area (TPSA) is 12.0 Å². The Hall–Kier alpha value is -0.990. The van der Waals surface area contributed by atoms with Crippen molar-refractivity contribution in [3.63, 3.8) is 0 Å². The first-order valence-corrected chi connectivity index (χ1v) is 7.13. The summed E-state index contributed by atoms with van der Waals surface area (Å²) in [6, 6.07) is 14.4. The maximum atomic E-state index is 5.98. The molecule has 0 unspecified atom stereocenters. The summed E-state index contributed by atoms with van der Waals surface area (Å²) in [7, 11) is 0. The fourth-order valence-corrected chi connectivity index (χ4v) is 2.39. The van der Waals surface area contributed by atoms with E-state index in [4.69, 9.17) is 11.6 Å². The monoisotopic (exact) mass is 323 g/mol. The van der Waals surface area contributed by atoms with Crippen molar-refractivity contribution in [3.8, 4) is 0 Å². The SMILES string of the molecule is CCc1ccccc1NCc1ccc(Cl)c(Br)c1. The van der Waals surface area contributed by atoms with E-state index in [-0.39, 0.29) is 0 Å². The van der Waals surface area contributed by atoms with E-state index in [2.05, 4.69) is 52.4 Å². The third kappa shape index (κ3) is 3.27. The molecule has 0 atom stereocenters. The second-order valence-electron chi connectivity index (χ2n) is 4.11. The number of para-hydroxylation sites is 1. The Morgan fingerprint density at radius 2 is 1.94 bits per heavy atom. The molecule has 0 fully saturated rings. The first-order valence-electron chi connectivity index (χ1n) is 5.96. The fourth-order valence-electron chi connectivity index (χ4n) is 1.85. The van der Waals surface area contributed by atoms with Gasteiger partial charge in [-0.1, -0.05) is 42.8 Å². The minimum absolute atomic E-state index is 0.743. The summed E-state index contributed by atoms with van der Waals surface area (Å²) in [4.78, 5) is 0. The zero-order valence-electron chi connectivity index (χ0n) is 10.2. The van der Waals surface area contributed by atoms with E-state index in [9.17, 15) is 0 Å². The standard InChI is InChI=1S/C15H15BrClN/c1-2-12-5-3-4-6-15(12)18-10-11-7-8-14(17)13(16)9-11/h3-9,18H,2,10H2,1H3. The third-order valence-electron chi connectivity index (χ3n) is 2.87. The summed E-state index contributed by atoms with van der Waals surface area (Å²) in [5, 5.41) is 4.21. The smallest absolute Gasteiger partial charge is 0.0548 e. The van der Waals surface area contributed by atoms with Crippen LogP contribution in [0.4, 0.5) is 5.69 Å². The first kappa shape index (κ1) is 13.4. The van der Waals surface area contributed by atoms with Gasteiger partial charge in [0.25, 0.3) is 0 Å². The Kier molecular flexibility index (Phi) is 4.67. The molecular formula is C15H15BrClN. The second-order valence-corrected chi connectivity index (χ2v) is 5.37. The van der Waals surface area contributed by atoms with Gasteiger partial charge in [-0.3, -0.25) is 0 Å². The Balaban J connectivity index is 2.09. The summed E-state index contributed by atoms with van der Waals surface area (Å²) in [6.07, 6.45) is 1.04. The molecule has 1 N–H and O–H groups in total. The Labute approximate surface area is 121 Å². The maximum Gasteiger partial charge on any atom is 0.0548 e. The van der Waals surface area contributed by atoms with Gasteiger partial charge in [-0.15, -0.1) is 0 Å². The quantitative estimate of drug-likeness (QED) is 0.807. The van der Waals surface area contributed by atoms with Crippen LogP contribution in [0, 0.1) is 0 Å². The largest absolute Gasteiger partial charge is 0.381 e. The van der Waals surface area contributed by atoms with E-state index in [1.165, 1.54) is 16.8 Å². The van der Waals surface area contributed by atoms with Crippen molar-refractivity contribution in [2.24, 2.45) is 0 Å². The molecule has 2 rings (SSSR count). The number of nitrogens with one attached hydrogen (secondary N) is 1. The average Bonchev–Trinajstić information content (AvgIpc) is 2.40. The second kappa shape index (κ2) is 6.26. The molecule has 18 heavy (non-hydrogen) atoms. The van der Waals surface area contributed by atoms with Crippen LogP contribution in [0.1, 0.15) is 18.1 Å². The maximum absolute atomic E-state index is 5.98. The molecule has 0 bridgehead atoms. The summed E-state index contributed by atoms with van der Waals surface area (Å²) >= 11 is 9.42. The van der Waals surface area contributed by atoms with Crippen LogP contribution in [0.5, 0.6) is 0 Å². The van der Waals surface area contributed by atoms with E-state index >= 15 is 0 Å². The highest BCUT2D eigenvalue weighted by Crippen LogP contribution is 2.24. The van der Waals surface area contributed by atoms with Crippen molar-refractivity contribution < 1.29 is 0 Å². The normalized spacial score (nSPS) is 10.4. The minimum atomic E-state index is 0.743. The first-order chi connectivity index (χ1) is 8.70. The van der Waals surface area contributed by atoms with Gasteiger partial charge in [-0.05, 0) is 51.7 Å². The number of aryl methyl sites for hydroxylation is 1. The van der Waals surface area contributed by atoms with Gasteiger partial charge in [0.15, 0.2) is 0 Å². The molecule has 0 aliphatic rings. The highest BCUT2D eigenvalue weighted by atomic mass is 79.9. The molecule has 0 aliphatic heterocycles. The fraction of sp³-hybridized carbons (Fsp3) is 0.200. The highest BCUT2D eigenvalue weighted by Gasteiger charge is 2.01. The van der Waals surface area contributed by atoms with Gasteiger partial charge in [0, 0.05) is 16.7 Å². The predicted molar refractivity (Wildman–Crippen MR) is 82.3 cm³/mol. The predicted octanol–water partition coefficient (Wildman–Crippen LogP) is 5.28. The zero-order chi connectivity index (χ0) is 13.0. The zero-order valence-corrected chi connectivity index (χ0v) is 12.6. The molecule has 2 aromatic carbocycles. The van der Waals surface area contributed by atoms with E-state index in [0.29, 0.717) is 0 Å². The van der Waals surface area contributed by atoms with Crippen LogP contribution in [0.15, 0.2) is 46.9 Å². The molecular weight excluding hydrogens is 310 g/mol. The van der Waals surface area contributed by atoms with Gasteiger partial charge in [0.2, 0.25) is 0 Å². The molecule has 0 saturated heterocycles. The van der Waals surface area contributed by atoms with Gasteiger partial charge >= 0.3 is 0 Å². The van der Waals surface area contributed by atoms with Gasteiger partial charge in [0.1, 0.15) is 0 Å². The van der Waals surface area contributed by atoms with Crippen LogP contribution in [0.3, 0.4) is 0 Å². The lowest BCUT2D eigenvalue weighted by Gasteiger charge is -2.11. The lowest BCUT2D eigenvalue weighted by molar-refractivity contribution is 1.09. The third-order valence-corrected chi connectivity index (χ3v) is 4.08. The molecule has 94 valence electrons. The van der Waals surface area contributed by atoms with Crippen molar-refractivity contribution in [2.75, 3.05) is 5.32 Å². The average molecular weight is 325 g/mol. The van der Waals surface area contributed by atoms with E-state index in [1.807, 2.05) is 18.2 Å². The van der Waals surface area contributed by atoms with Crippen molar-refractivity contribution in [3.05, 3.63) is 63.1 Å². The number of hydrogen-bond donors (Lipinski definition) is 1. The van der Waals surface area contributed by atoms with Gasteiger partial charge < -0.3 is 5.32 Å². The summed E-state index contributed by atoms with van der Waals surface area (Å²) in [5.74, 6) is 0. The molecule has 0 amide bonds. The molecule has 0 aromatic heterocycles. The number of anilines is 1. The van der Waals surface area contributed by atoms with Crippen LogP contribution in [0.25, 0.3) is 0 Å².